The van der Waals surface area contributed by atoms with Crippen molar-refractivity contribution in [3.05, 3.63) is 36.3 Å². The number of hydrogen-bond donors (Lipinski definition) is 2. The van der Waals surface area contributed by atoms with Crippen LogP contribution in [0.15, 0.2) is 35.5 Å². The number of hydrogen-bond acceptors (Lipinski definition) is 5. The number of carbonyl (C=O) groups excluding carboxylic acids is 1. The molecular weight excluding hydrogens is 378 g/mol. The van der Waals surface area contributed by atoms with Gasteiger partial charge in [0.15, 0.2) is 0 Å². The molecule has 2 N–H and O–H groups in total. The quantitative estimate of drug-likeness (QED) is 0.799. The number of amides is 1. The predicted molar refractivity (Wildman–Crippen MR) is 107 cm³/mol. The van der Waals surface area contributed by atoms with Crippen LogP contribution < -0.4 is 10.2 Å². The second-order valence-corrected chi connectivity index (χ2v) is 9.21. The van der Waals surface area contributed by atoms with Gasteiger partial charge in [-0.25, -0.2) is 13.4 Å². The van der Waals surface area contributed by atoms with Crippen molar-refractivity contribution < 1.29 is 13.2 Å². The summed E-state index contributed by atoms with van der Waals surface area (Å²) in [6, 6.07) is 5.11. The Bertz CT molecular complexity index is 927. The predicted octanol–water partition coefficient (Wildman–Crippen LogP) is 2.44. The number of sulfonamides is 1. The summed E-state index contributed by atoms with van der Waals surface area (Å²) in [5, 5.41) is 2.76. The van der Waals surface area contributed by atoms with Crippen LogP contribution in [0.1, 0.15) is 42.6 Å². The summed E-state index contributed by atoms with van der Waals surface area (Å²) < 4.78 is 26.6. The Morgan fingerprint density at radius 1 is 1.04 bits per heavy atom. The molecule has 0 spiro atoms. The van der Waals surface area contributed by atoms with Crippen molar-refractivity contribution in [2.75, 3.05) is 36.4 Å². The third-order valence-electron chi connectivity index (χ3n) is 5.29. The van der Waals surface area contributed by atoms with Gasteiger partial charge in [-0.05, 0) is 50.3 Å². The molecule has 150 valence electrons. The van der Waals surface area contributed by atoms with Crippen molar-refractivity contribution in [3.8, 4) is 0 Å². The number of nitrogens with zero attached hydrogens (tertiary/aromatic N) is 3. The molecule has 28 heavy (non-hydrogen) atoms. The summed E-state index contributed by atoms with van der Waals surface area (Å²) in [4.78, 5) is 22.1. The minimum atomic E-state index is -3.54. The number of aromatic amines is 1. The van der Waals surface area contributed by atoms with Crippen molar-refractivity contribution in [3.63, 3.8) is 0 Å². The number of rotatable bonds is 5. The van der Waals surface area contributed by atoms with Gasteiger partial charge in [0.1, 0.15) is 16.4 Å². The Balaban J connectivity index is 1.42. The lowest BCUT2D eigenvalue weighted by atomic mass is 10.1. The number of pyridine rings is 1. The Morgan fingerprint density at radius 3 is 2.43 bits per heavy atom. The molecular formula is C19H25N5O3S. The molecule has 0 saturated carbocycles. The fraction of sp³-hybridized carbons (Fsp3) is 0.474. The monoisotopic (exact) mass is 403 g/mol. The highest BCUT2D eigenvalue weighted by molar-refractivity contribution is 7.89. The van der Waals surface area contributed by atoms with E-state index < -0.39 is 15.9 Å². The van der Waals surface area contributed by atoms with E-state index in [1.165, 1.54) is 35.8 Å². The molecule has 4 rings (SSSR count). The van der Waals surface area contributed by atoms with Gasteiger partial charge in [-0.15, -0.1) is 0 Å². The average Bonchev–Trinajstić information content (AvgIpc) is 3.42. The second-order valence-electron chi connectivity index (χ2n) is 7.27. The van der Waals surface area contributed by atoms with Crippen LogP contribution >= 0.6 is 0 Å². The first kappa shape index (κ1) is 18.9. The van der Waals surface area contributed by atoms with Gasteiger partial charge in [-0.2, -0.15) is 4.31 Å². The molecule has 0 unspecified atom stereocenters. The van der Waals surface area contributed by atoms with Gasteiger partial charge >= 0.3 is 0 Å². The molecule has 0 bridgehead atoms. The third-order valence-corrected chi connectivity index (χ3v) is 7.17. The van der Waals surface area contributed by atoms with E-state index in [4.69, 9.17) is 0 Å². The number of piperidine rings is 1. The van der Waals surface area contributed by atoms with Gasteiger partial charge in [0.25, 0.3) is 5.91 Å². The Labute approximate surface area is 165 Å². The van der Waals surface area contributed by atoms with Gasteiger partial charge in [0.05, 0.1) is 11.9 Å². The fourth-order valence-corrected chi connectivity index (χ4v) is 5.21. The van der Waals surface area contributed by atoms with E-state index >= 15 is 0 Å². The number of H-pyrrole nitrogens is 1. The summed E-state index contributed by atoms with van der Waals surface area (Å²) >= 11 is 0. The summed E-state index contributed by atoms with van der Waals surface area (Å²) in [6.07, 6.45) is 8.36. The van der Waals surface area contributed by atoms with Gasteiger partial charge in [-0.1, -0.05) is 0 Å². The van der Waals surface area contributed by atoms with Gasteiger partial charge in [0, 0.05) is 32.4 Å². The normalized spacial score (nSPS) is 18.4. The van der Waals surface area contributed by atoms with Gasteiger partial charge in [0.2, 0.25) is 10.0 Å². The Hall–Kier alpha value is -2.39. The topological polar surface area (TPSA) is 98.4 Å². The van der Waals surface area contributed by atoms with Crippen LogP contribution in [0.4, 0.5) is 11.5 Å². The van der Waals surface area contributed by atoms with Crippen molar-refractivity contribution in [2.45, 2.75) is 37.0 Å². The molecule has 2 fully saturated rings. The van der Waals surface area contributed by atoms with Crippen LogP contribution in [0.3, 0.4) is 0 Å². The van der Waals surface area contributed by atoms with E-state index in [-0.39, 0.29) is 10.6 Å². The van der Waals surface area contributed by atoms with E-state index in [0.29, 0.717) is 18.8 Å². The number of nitrogens with one attached hydrogen (secondary N) is 2. The molecule has 0 radical (unpaired) electrons. The average molecular weight is 404 g/mol. The molecule has 2 saturated heterocycles. The van der Waals surface area contributed by atoms with Crippen molar-refractivity contribution in [1.29, 1.82) is 0 Å². The molecule has 1 amide bonds. The maximum absolute atomic E-state index is 12.6. The SMILES string of the molecule is O=C(Nc1ccc(N2CCCCC2)nc1)c1cc(S(=O)(=O)N2CCCC2)c[nH]1. The lowest BCUT2D eigenvalue weighted by molar-refractivity contribution is 0.102. The molecule has 0 atom stereocenters. The standard InChI is InChI=1S/C19H25N5O3S/c25-19(17-12-16(14-20-17)28(26,27)24-10-4-5-11-24)22-15-6-7-18(21-13-15)23-8-2-1-3-9-23/h6-7,12-14,20H,1-5,8-11H2,(H,22,25). The van der Waals surface area contributed by atoms with E-state index in [2.05, 4.69) is 20.2 Å². The molecule has 2 aromatic heterocycles. The lowest BCUT2D eigenvalue weighted by Gasteiger charge is -2.27. The number of aromatic nitrogens is 2. The molecule has 4 heterocycles. The largest absolute Gasteiger partial charge is 0.357 e. The highest BCUT2D eigenvalue weighted by Crippen LogP contribution is 2.22. The van der Waals surface area contributed by atoms with E-state index in [0.717, 1.165) is 31.7 Å². The molecule has 2 aromatic rings. The summed E-state index contributed by atoms with van der Waals surface area (Å²) in [5.41, 5.74) is 0.780. The highest BCUT2D eigenvalue weighted by atomic mass is 32.2. The first-order chi connectivity index (χ1) is 13.5. The third kappa shape index (κ3) is 3.90. The van der Waals surface area contributed by atoms with Crippen molar-refractivity contribution >= 4 is 27.4 Å². The lowest BCUT2D eigenvalue weighted by Crippen LogP contribution is -2.30. The Morgan fingerprint density at radius 2 is 1.75 bits per heavy atom. The fourth-order valence-electron chi connectivity index (χ4n) is 3.70. The first-order valence-electron chi connectivity index (χ1n) is 9.75. The minimum absolute atomic E-state index is 0.123. The van der Waals surface area contributed by atoms with Crippen LogP contribution in [0.2, 0.25) is 0 Å². The smallest absolute Gasteiger partial charge is 0.272 e. The van der Waals surface area contributed by atoms with Gasteiger partial charge in [-0.3, -0.25) is 4.79 Å². The molecule has 8 nitrogen and oxygen atoms in total. The summed E-state index contributed by atoms with van der Waals surface area (Å²) in [6.45, 7) is 3.08. The number of carbonyl (C=O) groups is 1. The molecule has 9 heteroatoms. The molecule has 2 aliphatic rings. The zero-order valence-corrected chi connectivity index (χ0v) is 16.5. The van der Waals surface area contributed by atoms with Gasteiger partial charge < -0.3 is 15.2 Å². The van der Waals surface area contributed by atoms with Crippen LogP contribution in [-0.2, 0) is 10.0 Å². The maximum Gasteiger partial charge on any atom is 0.272 e. The van der Waals surface area contributed by atoms with Crippen LogP contribution in [0.25, 0.3) is 0 Å². The second kappa shape index (κ2) is 7.92. The highest BCUT2D eigenvalue weighted by Gasteiger charge is 2.28. The minimum Gasteiger partial charge on any atom is -0.357 e. The molecule has 0 aromatic carbocycles. The van der Waals surface area contributed by atoms with Crippen LogP contribution in [0.5, 0.6) is 0 Å². The zero-order chi connectivity index (χ0) is 19.6. The van der Waals surface area contributed by atoms with Crippen molar-refractivity contribution in [2.24, 2.45) is 0 Å². The Kier molecular flexibility index (Phi) is 5.36. The molecule has 2 aliphatic heterocycles. The maximum atomic E-state index is 12.6. The van der Waals surface area contributed by atoms with E-state index in [1.807, 2.05) is 12.1 Å². The zero-order valence-electron chi connectivity index (χ0n) is 15.7. The van der Waals surface area contributed by atoms with Crippen molar-refractivity contribution in [1.82, 2.24) is 14.3 Å². The summed E-state index contributed by atoms with van der Waals surface area (Å²) in [5.74, 6) is 0.520. The first-order valence-corrected chi connectivity index (χ1v) is 11.2. The van der Waals surface area contributed by atoms with E-state index in [1.54, 1.807) is 6.20 Å². The van der Waals surface area contributed by atoms with Crippen LogP contribution in [0, 0.1) is 0 Å². The van der Waals surface area contributed by atoms with Crippen LogP contribution in [-0.4, -0.2) is 54.8 Å². The molecule has 0 aliphatic carbocycles. The van der Waals surface area contributed by atoms with E-state index in [9.17, 15) is 13.2 Å². The number of anilines is 2. The summed E-state index contributed by atoms with van der Waals surface area (Å²) in [7, 11) is -3.54.